The van der Waals surface area contributed by atoms with Gasteiger partial charge in [-0.25, -0.2) is 9.18 Å². The Morgan fingerprint density at radius 2 is 1.71 bits per heavy atom. The molecule has 3 nitrogen and oxygen atoms in total. The van der Waals surface area contributed by atoms with Gasteiger partial charge in [-0.3, -0.25) is 4.98 Å². The Morgan fingerprint density at radius 3 is 2.39 bits per heavy atom. The lowest BCUT2D eigenvalue weighted by molar-refractivity contribution is 0.0595. The van der Waals surface area contributed by atoms with Crippen LogP contribution in [0.2, 0.25) is 5.02 Å². The van der Waals surface area contributed by atoms with Crippen molar-refractivity contribution in [3.05, 3.63) is 76.8 Å². The number of halogens is 2. The summed E-state index contributed by atoms with van der Waals surface area (Å²) in [5.74, 6) is -1.43. The van der Waals surface area contributed by atoms with Crippen molar-refractivity contribution in [1.29, 1.82) is 0 Å². The standard InChI is InChI=1S/C23H21ClFNO2/c1-23(2,3)21-11-15(8-9-26-21)14-6-5-7-16(10-14)17-13-20(25)18(12-19(17)24)22(27)28-4/h5-13H,1-4H3. The van der Waals surface area contributed by atoms with E-state index < -0.39 is 11.8 Å². The molecule has 1 aromatic heterocycles. The molecule has 0 bridgehead atoms. The summed E-state index contributed by atoms with van der Waals surface area (Å²) >= 11 is 6.34. The topological polar surface area (TPSA) is 39.2 Å². The maximum Gasteiger partial charge on any atom is 0.340 e. The fraction of sp³-hybridized carbons (Fsp3) is 0.217. The Kier molecular flexibility index (Phi) is 5.52. The van der Waals surface area contributed by atoms with Crippen LogP contribution in [0.5, 0.6) is 0 Å². The van der Waals surface area contributed by atoms with Crippen LogP contribution in [-0.2, 0) is 10.2 Å². The van der Waals surface area contributed by atoms with Gasteiger partial charge in [0.1, 0.15) is 5.82 Å². The van der Waals surface area contributed by atoms with Crippen molar-refractivity contribution < 1.29 is 13.9 Å². The second kappa shape index (κ2) is 7.72. The number of aromatic nitrogens is 1. The predicted octanol–water partition coefficient (Wildman–Crippen LogP) is 6.29. The number of hydrogen-bond donors (Lipinski definition) is 0. The monoisotopic (exact) mass is 397 g/mol. The zero-order valence-corrected chi connectivity index (χ0v) is 17.0. The third-order valence-electron chi connectivity index (χ3n) is 4.50. The largest absolute Gasteiger partial charge is 0.465 e. The highest BCUT2D eigenvalue weighted by Crippen LogP contribution is 2.34. The molecule has 0 aliphatic rings. The molecule has 5 heteroatoms. The second-order valence-corrected chi connectivity index (χ2v) is 7.97. The Bertz CT molecular complexity index is 1040. The van der Waals surface area contributed by atoms with Crippen molar-refractivity contribution >= 4 is 17.6 Å². The highest BCUT2D eigenvalue weighted by molar-refractivity contribution is 6.33. The Morgan fingerprint density at radius 1 is 1.04 bits per heavy atom. The van der Waals surface area contributed by atoms with Crippen LogP contribution in [0.15, 0.2) is 54.7 Å². The van der Waals surface area contributed by atoms with Crippen LogP contribution in [0.1, 0.15) is 36.8 Å². The SMILES string of the molecule is COC(=O)c1cc(Cl)c(-c2cccc(-c3ccnc(C(C)(C)C)c3)c2)cc1F. The number of pyridine rings is 1. The first kappa shape index (κ1) is 20.0. The van der Waals surface area contributed by atoms with Crippen LogP contribution >= 0.6 is 11.6 Å². The van der Waals surface area contributed by atoms with E-state index in [0.717, 1.165) is 22.4 Å². The second-order valence-electron chi connectivity index (χ2n) is 7.56. The average molecular weight is 398 g/mol. The number of esters is 1. The lowest BCUT2D eigenvalue weighted by Gasteiger charge is -2.18. The first-order chi connectivity index (χ1) is 13.2. The maximum atomic E-state index is 14.4. The van der Waals surface area contributed by atoms with E-state index in [1.807, 2.05) is 30.3 Å². The summed E-state index contributed by atoms with van der Waals surface area (Å²) in [6, 6.07) is 14.2. The molecule has 0 radical (unpaired) electrons. The summed E-state index contributed by atoms with van der Waals surface area (Å²) in [5, 5.41) is 0.282. The third-order valence-corrected chi connectivity index (χ3v) is 4.81. The maximum absolute atomic E-state index is 14.4. The van der Waals surface area contributed by atoms with E-state index in [1.54, 1.807) is 6.20 Å². The molecule has 0 fully saturated rings. The molecule has 28 heavy (non-hydrogen) atoms. The van der Waals surface area contributed by atoms with Crippen molar-refractivity contribution in [3.8, 4) is 22.3 Å². The van der Waals surface area contributed by atoms with Crippen molar-refractivity contribution in [2.75, 3.05) is 7.11 Å². The third kappa shape index (κ3) is 4.07. The minimum atomic E-state index is -0.758. The molecule has 0 amide bonds. The quantitative estimate of drug-likeness (QED) is 0.487. The zero-order valence-electron chi connectivity index (χ0n) is 16.2. The number of rotatable bonds is 3. The molecule has 0 spiro atoms. The summed E-state index contributed by atoms with van der Waals surface area (Å²) in [6.45, 7) is 6.34. The van der Waals surface area contributed by atoms with Crippen molar-refractivity contribution in [1.82, 2.24) is 4.98 Å². The van der Waals surface area contributed by atoms with Gasteiger partial charge in [-0.15, -0.1) is 0 Å². The van der Waals surface area contributed by atoms with Gasteiger partial charge in [0.05, 0.1) is 12.7 Å². The van der Waals surface area contributed by atoms with E-state index in [4.69, 9.17) is 11.6 Å². The number of methoxy groups -OCH3 is 1. The number of carbonyl (C=O) groups is 1. The van der Waals surface area contributed by atoms with Crippen LogP contribution in [-0.4, -0.2) is 18.1 Å². The number of carbonyl (C=O) groups excluding carboxylic acids is 1. The first-order valence-corrected chi connectivity index (χ1v) is 9.23. The molecule has 0 saturated heterocycles. The number of ether oxygens (including phenoxy) is 1. The van der Waals surface area contributed by atoms with Crippen molar-refractivity contribution in [2.45, 2.75) is 26.2 Å². The normalized spacial score (nSPS) is 11.4. The summed E-state index contributed by atoms with van der Waals surface area (Å²) in [6.07, 6.45) is 1.79. The molecule has 0 aliphatic heterocycles. The van der Waals surface area contributed by atoms with Gasteiger partial charge >= 0.3 is 5.97 Å². The highest BCUT2D eigenvalue weighted by Gasteiger charge is 2.18. The summed E-state index contributed by atoms with van der Waals surface area (Å²) < 4.78 is 19.0. The van der Waals surface area contributed by atoms with E-state index in [9.17, 15) is 9.18 Å². The zero-order chi connectivity index (χ0) is 20.5. The number of nitrogens with zero attached hydrogens (tertiary/aromatic N) is 1. The van der Waals surface area contributed by atoms with Gasteiger partial charge < -0.3 is 4.74 Å². The molecule has 2 aromatic carbocycles. The van der Waals surface area contributed by atoms with Crippen LogP contribution in [0.3, 0.4) is 0 Å². The van der Waals surface area contributed by atoms with Gasteiger partial charge in [0.15, 0.2) is 0 Å². The molecular weight excluding hydrogens is 377 g/mol. The average Bonchev–Trinajstić information content (AvgIpc) is 2.68. The lowest BCUT2D eigenvalue weighted by atomic mass is 9.89. The summed E-state index contributed by atoms with van der Waals surface area (Å²) in [7, 11) is 1.20. The minimum absolute atomic E-state index is 0.0657. The van der Waals surface area contributed by atoms with E-state index in [1.165, 1.54) is 19.2 Å². The molecule has 1 heterocycles. The summed E-state index contributed by atoms with van der Waals surface area (Å²) in [4.78, 5) is 16.1. The van der Waals surface area contributed by atoms with Gasteiger partial charge in [-0.2, -0.15) is 0 Å². The van der Waals surface area contributed by atoms with E-state index in [-0.39, 0.29) is 16.0 Å². The highest BCUT2D eigenvalue weighted by atomic mass is 35.5. The van der Waals surface area contributed by atoms with Crippen LogP contribution in [0.4, 0.5) is 4.39 Å². The number of benzene rings is 2. The molecule has 0 atom stereocenters. The van der Waals surface area contributed by atoms with Gasteiger partial charge in [0, 0.05) is 27.9 Å². The van der Waals surface area contributed by atoms with Crippen LogP contribution in [0, 0.1) is 5.82 Å². The van der Waals surface area contributed by atoms with Crippen molar-refractivity contribution in [2.24, 2.45) is 0 Å². The van der Waals surface area contributed by atoms with E-state index in [2.05, 4.69) is 36.6 Å². The molecule has 0 aliphatic carbocycles. The molecule has 0 N–H and O–H groups in total. The smallest absolute Gasteiger partial charge is 0.340 e. The Hall–Kier alpha value is -2.72. The molecule has 3 aromatic rings. The van der Waals surface area contributed by atoms with Crippen LogP contribution < -0.4 is 0 Å². The Labute approximate surface area is 169 Å². The predicted molar refractivity (Wildman–Crippen MR) is 110 cm³/mol. The van der Waals surface area contributed by atoms with Gasteiger partial charge in [-0.05, 0) is 47.0 Å². The van der Waals surface area contributed by atoms with Gasteiger partial charge in [-0.1, -0.05) is 50.6 Å². The first-order valence-electron chi connectivity index (χ1n) is 8.85. The molecule has 144 valence electrons. The van der Waals surface area contributed by atoms with E-state index in [0.29, 0.717) is 5.56 Å². The summed E-state index contributed by atoms with van der Waals surface area (Å²) in [5.41, 5.74) is 4.00. The van der Waals surface area contributed by atoms with Crippen LogP contribution in [0.25, 0.3) is 22.3 Å². The molecule has 0 saturated carbocycles. The lowest BCUT2D eigenvalue weighted by Crippen LogP contribution is -2.13. The molecule has 3 rings (SSSR count). The molecule has 0 unspecified atom stereocenters. The van der Waals surface area contributed by atoms with E-state index >= 15 is 0 Å². The van der Waals surface area contributed by atoms with Gasteiger partial charge in [0.25, 0.3) is 0 Å². The van der Waals surface area contributed by atoms with Crippen molar-refractivity contribution in [3.63, 3.8) is 0 Å². The Balaban J connectivity index is 2.06. The minimum Gasteiger partial charge on any atom is -0.465 e. The fourth-order valence-electron chi connectivity index (χ4n) is 2.92. The number of hydrogen-bond acceptors (Lipinski definition) is 3. The molecular formula is C23H21ClFNO2. The van der Waals surface area contributed by atoms with Gasteiger partial charge in [0.2, 0.25) is 0 Å². The fourth-order valence-corrected chi connectivity index (χ4v) is 3.19.